The van der Waals surface area contributed by atoms with Crippen LogP contribution in [0.2, 0.25) is 0 Å². The molecule has 7 heteroatoms. The molecule has 4 rings (SSSR count). The Bertz CT molecular complexity index is 1120. The molecule has 5 nitrogen and oxygen atoms in total. The van der Waals surface area contributed by atoms with E-state index in [2.05, 4.69) is 19.9 Å². The SMILES string of the molecule is CCc1c(C)sc2nc(SCc3ccc(C#N)cc3)n(CC3CCCO3)c(=O)c12. The molecule has 1 fully saturated rings. The molecule has 0 saturated carbocycles. The van der Waals surface area contributed by atoms with Crippen LogP contribution < -0.4 is 5.56 Å². The molecule has 29 heavy (non-hydrogen) atoms. The molecule has 0 aliphatic carbocycles. The highest BCUT2D eigenvalue weighted by atomic mass is 32.2. The molecule has 150 valence electrons. The number of hydrogen-bond donors (Lipinski definition) is 0. The third kappa shape index (κ3) is 4.11. The third-order valence-corrected chi connectivity index (χ3v) is 7.38. The van der Waals surface area contributed by atoms with Crippen molar-refractivity contribution in [2.45, 2.75) is 56.7 Å². The summed E-state index contributed by atoms with van der Waals surface area (Å²) >= 11 is 3.17. The van der Waals surface area contributed by atoms with Gasteiger partial charge in [0.15, 0.2) is 5.16 Å². The van der Waals surface area contributed by atoms with Crippen molar-refractivity contribution in [2.24, 2.45) is 0 Å². The quantitative estimate of drug-likeness (QED) is 0.424. The van der Waals surface area contributed by atoms with Gasteiger partial charge in [-0.3, -0.25) is 9.36 Å². The van der Waals surface area contributed by atoms with Crippen LogP contribution in [0.3, 0.4) is 0 Å². The van der Waals surface area contributed by atoms with Gasteiger partial charge in [-0.1, -0.05) is 30.8 Å². The van der Waals surface area contributed by atoms with E-state index in [4.69, 9.17) is 15.0 Å². The van der Waals surface area contributed by atoms with Gasteiger partial charge in [0, 0.05) is 17.2 Å². The summed E-state index contributed by atoms with van der Waals surface area (Å²) in [6.07, 6.45) is 2.93. The minimum Gasteiger partial charge on any atom is -0.376 e. The summed E-state index contributed by atoms with van der Waals surface area (Å²) in [6, 6.07) is 9.70. The van der Waals surface area contributed by atoms with E-state index in [0.29, 0.717) is 17.9 Å². The fourth-order valence-electron chi connectivity index (χ4n) is 3.74. The van der Waals surface area contributed by atoms with E-state index >= 15 is 0 Å². The fourth-order valence-corrected chi connectivity index (χ4v) is 5.86. The molecule has 0 amide bonds. The Hall–Kier alpha value is -2.14. The molecule has 1 saturated heterocycles. The van der Waals surface area contributed by atoms with Gasteiger partial charge >= 0.3 is 0 Å². The van der Waals surface area contributed by atoms with Gasteiger partial charge in [0.05, 0.1) is 29.7 Å². The Morgan fingerprint density at radius 1 is 1.38 bits per heavy atom. The van der Waals surface area contributed by atoms with Crippen LogP contribution in [0, 0.1) is 18.3 Å². The van der Waals surface area contributed by atoms with Gasteiger partial charge in [-0.2, -0.15) is 5.26 Å². The number of thiophene rings is 1. The zero-order valence-electron chi connectivity index (χ0n) is 16.6. The molecule has 0 radical (unpaired) electrons. The van der Waals surface area contributed by atoms with Crippen LogP contribution in [0.5, 0.6) is 0 Å². The van der Waals surface area contributed by atoms with Gasteiger partial charge in [-0.25, -0.2) is 4.98 Å². The molecule has 0 spiro atoms. The number of hydrogen-bond acceptors (Lipinski definition) is 6. The van der Waals surface area contributed by atoms with Crippen LogP contribution in [-0.4, -0.2) is 22.3 Å². The van der Waals surface area contributed by atoms with E-state index in [-0.39, 0.29) is 11.7 Å². The van der Waals surface area contributed by atoms with Crippen molar-refractivity contribution < 1.29 is 4.74 Å². The fraction of sp³-hybridized carbons (Fsp3) is 0.409. The number of ether oxygens (including phenoxy) is 1. The van der Waals surface area contributed by atoms with E-state index in [0.717, 1.165) is 52.4 Å². The van der Waals surface area contributed by atoms with Gasteiger partial charge in [-0.05, 0) is 49.4 Å². The lowest BCUT2D eigenvalue weighted by atomic mass is 10.1. The maximum absolute atomic E-state index is 13.4. The van der Waals surface area contributed by atoms with E-state index in [1.54, 1.807) is 23.1 Å². The van der Waals surface area contributed by atoms with Crippen LogP contribution in [0.15, 0.2) is 34.2 Å². The lowest BCUT2D eigenvalue weighted by Crippen LogP contribution is -2.28. The van der Waals surface area contributed by atoms with E-state index in [1.807, 2.05) is 28.8 Å². The predicted octanol–water partition coefficient (Wildman–Crippen LogP) is 4.67. The van der Waals surface area contributed by atoms with Crippen molar-refractivity contribution >= 4 is 33.3 Å². The van der Waals surface area contributed by atoms with Crippen molar-refractivity contribution in [3.63, 3.8) is 0 Å². The second kappa shape index (κ2) is 8.70. The van der Waals surface area contributed by atoms with Gasteiger partial charge < -0.3 is 4.74 Å². The third-order valence-electron chi connectivity index (χ3n) is 5.29. The molecule has 1 unspecified atom stereocenters. The maximum atomic E-state index is 13.4. The molecule has 1 atom stereocenters. The lowest BCUT2D eigenvalue weighted by Gasteiger charge is -2.16. The first-order valence-corrected chi connectivity index (χ1v) is 11.7. The molecule has 1 aromatic carbocycles. The minimum atomic E-state index is 0.0500. The number of thioether (sulfide) groups is 1. The highest BCUT2D eigenvalue weighted by Crippen LogP contribution is 2.31. The molecule has 1 aliphatic heterocycles. The summed E-state index contributed by atoms with van der Waals surface area (Å²) in [6.45, 7) is 5.47. The summed E-state index contributed by atoms with van der Waals surface area (Å²) in [5.41, 5.74) is 2.92. The largest absolute Gasteiger partial charge is 0.376 e. The first kappa shape index (κ1) is 20.1. The zero-order chi connectivity index (χ0) is 20.4. The predicted molar refractivity (Wildman–Crippen MR) is 118 cm³/mol. The average molecular weight is 426 g/mol. The second-order valence-corrected chi connectivity index (χ2v) is 9.36. The molecular weight excluding hydrogens is 402 g/mol. The summed E-state index contributed by atoms with van der Waals surface area (Å²) in [4.78, 5) is 20.3. The monoisotopic (exact) mass is 425 g/mol. The summed E-state index contributed by atoms with van der Waals surface area (Å²) in [5, 5.41) is 10.5. The molecule has 1 aliphatic rings. The average Bonchev–Trinajstić information content (AvgIpc) is 3.36. The summed E-state index contributed by atoms with van der Waals surface area (Å²) in [7, 11) is 0. The Balaban J connectivity index is 1.71. The van der Waals surface area contributed by atoms with Crippen LogP contribution in [0.1, 0.15) is 41.3 Å². The molecule has 2 aromatic heterocycles. The van der Waals surface area contributed by atoms with Crippen molar-refractivity contribution in [3.05, 3.63) is 56.2 Å². The standard InChI is InChI=1S/C22H23N3O2S2/c1-3-18-14(2)29-20-19(18)21(26)25(12-17-5-4-10-27-17)22(24-20)28-13-16-8-6-15(11-23)7-9-16/h6-9,17H,3-5,10,12-13H2,1-2H3. The number of aryl methyl sites for hydroxylation is 2. The molecule has 0 bridgehead atoms. The topological polar surface area (TPSA) is 67.9 Å². The number of aromatic nitrogens is 2. The van der Waals surface area contributed by atoms with E-state index in [1.165, 1.54) is 4.88 Å². The van der Waals surface area contributed by atoms with Crippen LogP contribution in [0.25, 0.3) is 10.2 Å². The Kier molecular flexibility index (Phi) is 6.04. The second-order valence-electron chi connectivity index (χ2n) is 7.21. The zero-order valence-corrected chi connectivity index (χ0v) is 18.2. The van der Waals surface area contributed by atoms with Gasteiger partial charge in [-0.15, -0.1) is 11.3 Å². The van der Waals surface area contributed by atoms with Crippen molar-refractivity contribution in [2.75, 3.05) is 6.61 Å². The number of nitriles is 1. The normalized spacial score (nSPS) is 16.4. The Labute approximate surface area is 178 Å². The summed E-state index contributed by atoms with van der Waals surface area (Å²) < 4.78 is 7.62. The maximum Gasteiger partial charge on any atom is 0.263 e. The molecule has 3 aromatic rings. The number of nitrogens with zero attached hydrogens (tertiary/aromatic N) is 3. The van der Waals surface area contributed by atoms with Crippen LogP contribution in [0.4, 0.5) is 0 Å². The highest BCUT2D eigenvalue weighted by Gasteiger charge is 2.22. The molecule has 0 N–H and O–H groups in total. The van der Waals surface area contributed by atoms with Crippen LogP contribution >= 0.6 is 23.1 Å². The Morgan fingerprint density at radius 2 is 2.17 bits per heavy atom. The van der Waals surface area contributed by atoms with E-state index in [9.17, 15) is 4.79 Å². The van der Waals surface area contributed by atoms with Gasteiger partial charge in [0.1, 0.15) is 4.83 Å². The summed E-state index contributed by atoms with van der Waals surface area (Å²) in [5.74, 6) is 0.695. The van der Waals surface area contributed by atoms with Crippen molar-refractivity contribution in [1.29, 1.82) is 5.26 Å². The molecular formula is C22H23N3O2S2. The van der Waals surface area contributed by atoms with Crippen molar-refractivity contribution in [3.8, 4) is 6.07 Å². The van der Waals surface area contributed by atoms with Crippen LogP contribution in [-0.2, 0) is 23.5 Å². The number of fused-ring (bicyclic) bond motifs is 1. The number of rotatable bonds is 6. The Morgan fingerprint density at radius 3 is 2.83 bits per heavy atom. The highest BCUT2D eigenvalue weighted by molar-refractivity contribution is 7.98. The van der Waals surface area contributed by atoms with E-state index < -0.39 is 0 Å². The van der Waals surface area contributed by atoms with Crippen molar-refractivity contribution in [1.82, 2.24) is 9.55 Å². The first-order chi connectivity index (χ1) is 14.1. The lowest BCUT2D eigenvalue weighted by molar-refractivity contribution is 0.0937. The molecule has 3 heterocycles. The smallest absolute Gasteiger partial charge is 0.263 e. The van der Waals surface area contributed by atoms with Gasteiger partial charge in [0.25, 0.3) is 5.56 Å². The number of benzene rings is 1. The van der Waals surface area contributed by atoms with Gasteiger partial charge in [0.2, 0.25) is 0 Å². The minimum absolute atomic E-state index is 0.0500. The first-order valence-electron chi connectivity index (χ1n) is 9.87.